The highest BCUT2D eigenvalue weighted by molar-refractivity contribution is 8.01. The monoisotopic (exact) mass is 321 g/mol. The van der Waals surface area contributed by atoms with Crippen LogP contribution in [0.2, 0.25) is 0 Å². The Morgan fingerprint density at radius 3 is 2.95 bits per heavy atom. The highest BCUT2D eigenvalue weighted by Gasteiger charge is 2.53. The fourth-order valence-corrected chi connectivity index (χ4v) is 4.13. The molecule has 22 heavy (non-hydrogen) atoms. The Morgan fingerprint density at radius 1 is 1.45 bits per heavy atom. The standard InChI is InChI=1S/C15H19N3O3S/c1-3-21-15(20)12-4-11(12)14-18(13(19)8-22-14)7-10-6-16-9(2)5-17-10/h5-6,11-12,14H,3-4,7-8H2,1-2H3. The Hall–Kier alpha value is -1.63. The zero-order valence-corrected chi connectivity index (χ0v) is 13.5. The van der Waals surface area contributed by atoms with Gasteiger partial charge in [-0.2, -0.15) is 0 Å². The molecule has 118 valence electrons. The van der Waals surface area contributed by atoms with Crippen LogP contribution < -0.4 is 0 Å². The average Bonchev–Trinajstić information content (AvgIpc) is 3.22. The van der Waals surface area contributed by atoms with E-state index in [0.717, 1.165) is 17.8 Å². The van der Waals surface area contributed by atoms with Gasteiger partial charge in [-0.05, 0) is 20.3 Å². The predicted molar refractivity (Wildman–Crippen MR) is 81.8 cm³/mol. The van der Waals surface area contributed by atoms with Crippen molar-refractivity contribution in [2.75, 3.05) is 12.4 Å². The minimum Gasteiger partial charge on any atom is -0.466 e. The number of aromatic nitrogens is 2. The minimum atomic E-state index is -0.137. The summed E-state index contributed by atoms with van der Waals surface area (Å²) in [5, 5.41) is 0.0463. The first kappa shape index (κ1) is 15.3. The van der Waals surface area contributed by atoms with E-state index in [2.05, 4.69) is 9.97 Å². The van der Waals surface area contributed by atoms with Crippen LogP contribution in [0.1, 0.15) is 24.7 Å². The Labute approximate surface area is 133 Å². The summed E-state index contributed by atoms with van der Waals surface area (Å²) in [5.74, 6) is 0.578. The van der Waals surface area contributed by atoms with E-state index in [4.69, 9.17) is 4.74 Å². The van der Waals surface area contributed by atoms with Crippen LogP contribution in [0.5, 0.6) is 0 Å². The number of rotatable bonds is 5. The molecule has 0 radical (unpaired) electrons. The summed E-state index contributed by atoms with van der Waals surface area (Å²) in [5.41, 5.74) is 1.63. The van der Waals surface area contributed by atoms with Crippen LogP contribution in [-0.2, 0) is 20.9 Å². The lowest BCUT2D eigenvalue weighted by Crippen LogP contribution is -2.34. The number of nitrogens with zero attached hydrogens (tertiary/aromatic N) is 3. The van der Waals surface area contributed by atoms with Crippen molar-refractivity contribution >= 4 is 23.6 Å². The van der Waals surface area contributed by atoms with E-state index in [1.54, 1.807) is 24.2 Å². The molecule has 1 saturated heterocycles. The van der Waals surface area contributed by atoms with Crippen molar-refractivity contribution < 1.29 is 14.3 Å². The summed E-state index contributed by atoms with van der Waals surface area (Å²) < 4.78 is 5.08. The number of thioether (sulfide) groups is 1. The summed E-state index contributed by atoms with van der Waals surface area (Å²) >= 11 is 1.61. The summed E-state index contributed by atoms with van der Waals surface area (Å²) in [6.07, 6.45) is 4.22. The van der Waals surface area contributed by atoms with E-state index in [0.29, 0.717) is 18.9 Å². The van der Waals surface area contributed by atoms with Crippen LogP contribution in [0.25, 0.3) is 0 Å². The van der Waals surface area contributed by atoms with Crippen LogP contribution in [0, 0.1) is 18.8 Å². The Morgan fingerprint density at radius 2 is 2.27 bits per heavy atom. The van der Waals surface area contributed by atoms with Crippen molar-refractivity contribution in [3.8, 4) is 0 Å². The molecule has 1 aromatic rings. The second-order valence-electron chi connectivity index (χ2n) is 5.63. The van der Waals surface area contributed by atoms with Crippen molar-refractivity contribution in [1.82, 2.24) is 14.9 Å². The van der Waals surface area contributed by atoms with Gasteiger partial charge < -0.3 is 9.64 Å². The second-order valence-corrected chi connectivity index (χ2v) is 6.74. The molecule has 1 aromatic heterocycles. The van der Waals surface area contributed by atoms with Gasteiger partial charge >= 0.3 is 5.97 Å². The van der Waals surface area contributed by atoms with Crippen molar-refractivity contribution in [3.63, 3.8) is 0 Å². The number of amides is 1. The normalized spacial score (nSPS) is 27.1. The zero-order chi connectivity index (χ0) is 15.7. The van der Waals surface area contributed by atoms with Gasteiger partial charge in [0.1, 0.15) is 0 Å². The molecule has 1 aliphatic carbocycles. The van der Waals surface area contributed by atoms with Crippen molar-refractivity contribution in [3.05, 3.63) is 23.8 Å². The molecule has 0 aromatic carbocycles. The number of hydrogen-bond acceptors (Lipinski definition) is 6. The number of carbonyl (C=O) groups is 2. The summed E-state index contributed by atoms with van der Waals surface area (Å²) in [4.78, 5) is 34.3. The van der Waals surface area contributed by atoms with Crippen LogP contribution in [0.3, 0.4) is 0 Å². The number of hydrogen-bond donors (Lipinski definition) is 0. The van der Waals surface area contributed by atoms with E-state index in [-0.39, 0.29) is 29.1 Å². The van der Waals surface area contributed by atoms with Crippen molar-refractivity contribution in [1.29, 1.82) is 0 Å². The Kier molecular flexibility index (Phi) is 4.33. The third-order valence-electron chi connectivity index (χ3n) is 3.97. The average molecular weight is 321 g/mol. The molecule has 1 amide bonds. The maximum absolute atomic E-state index is 12.1. The molecule has 2 aliphatic rings. The lowest BCUT2D eigenvalue weighted by Gasteiger charge is -2.23. The SMILES string of the molecule is CCOC(=O)C1CC1C1SCC(=O)N1Cc1cnc(C)cn1. The lowest BCUT2D eigenvalue weighted by molar-refractivity contribution is -0.145. The molecular formula is C15H19N3O3S. The minimum absolute atomic E-state index is 0.0463. The molecular weight excluding hydrogens is 302 g/mol. The van der Waals surface area contributed by atoms with Gasteiger partial charge in [0.2, 0.25) is 5.91 Å². The molecule has 1 aliphatic heterocycles. The molecule has 3 atom stereocenters. The highest BCUT2D eigenvalue weighted by Crippen LogP contribution is 2.49. The second kappa shape index (κ2) is 6.24. The summed E-state index contributed by atoms with van der Waals surface area (Å²) in [7, 11) is 0. The third-order valence-corrected chi connectivity index (χ3v) is 5.33. The number of aryl methyl sites for hydroxylation is 1. The molecule has 2 heterocycles. The molecule has 7 heteroatoms. The van der Waals surface area contributed by atoms with E-state index in [1.165, 1.54) is 0 Å². The van der Waals surface area contributed by atoms with Gasteiger partial charge in [-0.3, -0.25) is 19.6 Å². The highest BCUT2D eigenvalue weighted by atomic mass is 32.2. The Bertz CT molecular complexity index is 578. The smallest absolute Gasteiger partial charge is 0.309 e. The molecule has 3 unspecified atom stereocenters. The van der Waals surface area contributed by atoms with Gasteiger partial charge in [-0.1, -0.05) is 0 Å². The molecule has 2 fully saturated rings. The van der Waals surface area contributed by atoms with Crippen LogP contribution in [0.15, 0.2) is 12.4 Å². The lowest BCUT2D eigenvalue weighted by atomic mass is 10.2. The van der Waals surface area contributed by atoms with E-state index in [1.807, 2.05) is 18.7 Å². The van der Waals surface area contributed by atoms with Crippen LogP contribution in [-0.4, -0.2) is 44.5 Å². The van der Waals surface area contributed by atoms with E-state index >= 15 is 0 Å². The van der Waals surface area contributed by atoms with Crippen molar-refractivity contribution in [2.45, 2.75) is 32.2 Å². The number of carbonyl (C=O) groups excluding carboxylic acids is 2. The fraction of sp³-hybridized carbons (Fsp3) is 0.600. The van der Waals surface area contributed by atoms with Gasteiger partial charge in [0, 0.05) is 12.1 Å². The Balaban J connectivity index is 1.66. The van der Waals surface area contributed by atoms with Gasteiger partial charge in [-0.15, -0.1) is 11.8 Å². The van der Waals surface area contributed by atoms with Gasteiger partial charge in [0.05, 0.1) is 47.8 Å². The fourth-order valence-electron chi connectivity index (χ4n) is 2.73. The molecule has 0 bridgehead atoms. The largest absolute Gasteiger partial charge is 0.466 e. The molecule has 0 N–H and O–H groups in total. The van der Waals surface area contributed by atoms with Crippen LogP contribution >= 0.6 is 11.8 Å². The number of ether oxygens (including phenoxy) is 1. The van der Waals surface area contributed by atoms with Gasteiger partial charge in [0.15, 0.2) is 0 Å². The molecule has 1 saturated carbocycles. The quantitative estimate of drug-likeness (QED) is 0.763. The van der Waals surface area contributed by atoms with Gasteiger partial charge in [-0.25, -0.2) is 0 Å². The maximum Gasteiger partial charge on any atom is 0.309 e. The van der Waals surface area contributed by atoms with Crippen molar-refractivity contribution in [2.24, 2.45) is 11.8 Å². The first-order valence-corrected chi connectivity index (χ1v) is 8.50. The van der Waals surface area contributed by atoms with Gasteiger partial charge in [0.25, 0.3) is 0 Å². The molecule has 3 rings (SSSR count). The third kappa shape index (κ3) is 3.09. The maximum atomic E-state index is 12.1. The van der Waals surface area contributed by atoms with E-state index in [9.17, 15) is 9.59 Å². The molecule has 6 nitrogen and oxygen atoms in total. The predicted octanol–water partition coefficient (Wildman–Crippen LogP) is 1.39. The zero-order valence-electron chi connectivity index (χ0n) is 12.7. The molecule has 0 spiro atoms. The summed E-state index contributed by atoms with van der Waals surface area (Å²) in [6.45, 7) is 4.55. The summed E-state index contributed by atoms with van der Waals surface area (Å²) in [6, 6.07) is 0. The first-order chi connectivity index (χ1) is 10.6. The van der Waals surface area contributed by atoms with Crippen LogP contribution in [0.4, 0.5) is 0 Å². The topological polar surface area (TPSA) is 72.4 Å². The first-order valence-electron chi connectivity index (χ1n) is 7.45. The van der Waals surface area contributed by atoms with E-state index < -0.39 is 0 Å². The number of esters is 1.